The topological polar surface area (TPSA) is 123 Å². The van der Waals surface area contributed by atoms with Crippen molar-refractivity contribution in [3.05, 3.63) is 59.7 Å². The molecule has 176 valence electrons. The Bertz CT molecular complexity index is 1210. The first-order valence-electron chi connectivity index (χ1n) is 10.5. The zero-order valence-electron chi connectivity index (χ0n) is 18.9. The highest BCUT2D eigenvalue weighted by Gasteiger charge is 2.23. The van der Waals surface area contributed by atoms with E-state index in [2.05, 4.69) is 15.5 Å². The van der Waals surface area contributed by atoms with Gasteiger partial charge in [-0.25, -0.2) is 13.1 Å². The molecule has 1 heterocycles. The first-order valence-corrected chi connectivity index (χ1v) is 12.9. The summed E-state index contributed by atoms with van der Waals surface area (Å²) in [5.41, 5.74) is 2.70. The van der Waals surface area contributed by atoms with Gasteiger partial charge in [0.15, 0.2) is 5.82 Å². The quantitative estimate of drug-likeness (QED) is 0.332. The molecular weight excluding hydrogens is 460 g/mol. The van der Waals surface area contributed by atoms with E-state index < -0.39 is 10.0 Å². The van der Waals surface area contributed by atoms with E-state index in [4.69, 9.17) is 5.84 Å². The van der Waals surface area contributed by atoms with E-state index in [1.807, 2.05) is 31.2 Å². The summed E-state index contributed by atoms with van der Waals surface area (Å²) in [5.74, 6) is 6.43. The molecule has 0 radical (unpaired) electrons. The van der Waals surface area contributed by atoms with Gasteiger partial charge in [-0.2, -0.15) is 4.31 Å². The fourth-order valence-corrected chi connectivity index (χ4v) is 5.36. The maximum Gasteiger partial charge on any atom is 0.243 e. The Hall–Kier alpha value is -2.89. The number of thioether (sulfide) groups is 1. The molecule has 0 aliphatic rings. The fraction of sp³-hybridized carbons (Fsp3) is 0.318. The molecule has 2 aromatic carbocycles. The van der Waals surface area contributed by atoms with Gasteiger partial charge >= 0.3 is 0 Å². The van der Waals surface area contributed by atoms with E-state index >= 15 is 0 Å². The lowest BCUT2D eigenvalue weighted by Crippen LogP contribution is -2.30. The summed E-state index contributed by atoms with van der Waals surface area (Å²) in [7, 11) is -3.61. The number of carbonyl (C=O) groups excluding carboxylic acids is 1. The molecule has 0 saturated heterocycles. The maximum atomic E-state index is 12.8. The van der Waals surface area contributed by atoms with Crippen LogP contribution in [0.2, 0.25) is 0 Å². The van der Waals surface area contributed by atoms with Crippen LogP contribution in [0.15, 0.2) is 58.6 Å². The molecule has 1 aromatic heterocycles. The normalized spacial score (nSPS) is 11.6. The van der Waals surface area contributed by atoms with Crippen LogP contribution in [-0.4, -0.2) is 52.3 Å². The summed E-state index contributed by atoms with van der Waals surface area (Å²) < 4.78 is 28.3. The number of sulfonamides is 1. The highest BCUT2D eigenvalue weighted by Crippen LogP contribution is 2.25. The zero-order chi connectivity index (χ0) is 24.0. The number of nitrogens with one attached hydrogen (secondary N) is 1. The Morgan fingerprint density at radius 3 is 2.48 bits per heavy atom. The van der Waals surface area contributed by atoms with Crippen molar-refractivity contribution in [3.63, 3.8) is 0 Å². The molecular formula is C22H28N6O3S2. The van der Waals surface area contributed by atoms with Crippen LogP contribution in [0.3, 0.4) is 0 Å². The van der Waals surface area contributed by atoms with Gasteiger partial charge in [0.2, 0.25) is 21.1 Å². The van der Waals surface area contributed by atoms with Crippen molar-refractivity contribution in [2.24, 2.45) is 0 Å². The van der Waals surface area contributed by atoms with Crippen molar-refractivity contribution in [1.29, 1.82) is 0 Å². The molecule has 3 rings (SSSR count). The first kappa shape index (κ1) is 24.7. The predicted molar refractivity (Wildman–Crippen MR) is 129 cm³/mol. The van der Waals surface area contributed by atoms with Crippen molar-refractivity contribution < 1.29 is 13.2 Å². The van der Waals surface area contributed by atoms with Gasteiger partial charge in [-0.1, -0.05) is 67.6 Å². The van der Waals surface area contributed by atoms with Crippen molar-refractivity contribution in [1.82, 2.24) is 24.5 Å². The molecule has 9 nitrogen and oxygen atoms in total. The molecule has 0 atom stereocenters. The van der Waals surface area contributed by atoms with E-state index in [9.17, 15) is 13.2 Å². The Morgan fingerprint density at radius 1 is 1.12 bits per heavy atom. The highest BCUT2D eigenvalue weighted by molar-refractivity contribution is 7.99. The van der Waals surface area contributed by atoms with Crippen LogP contribution in [0.25, 0.3) is 11.4 Å². The molecule has 33 heavy (non-hydrogen) atoms. The van der Waals surface area contributed by atoms with Gasteiger partial charge in [0, 0.05) is 25.2 Å². The van der Waals surface area contributed by atoms with Gasteiger partial charge in [0.25, 0.3) is 0 Å². The van der Waals surface area contributed by atoms with Gasteiger partial charge in [-0.05, 0) is 24.6 Å². The lowest BCUT2D eigenvalue weighted by Gasteiger charge is -2.18. The molecule has 0 saturated carbocycles. The van der Waals surface area contributed by atoms with E-state index in [0.717, 1.165) is 22.9 Å². The number of aryl methyl sites for hydroxylation is 1. The lowest BCUT2D eigenvalue weighted by molar-refractivity contribution is -0.118. The summed E-state index contributed by atoms with van der Waals surface area (Å²) in [6.45, 7) is 6.79. The van der Waals surface area contributed by atoms with Gasteiger partial charge in [0.05, 0.1) is 10.6 Å². The number of hydrogen-bond donors (Lipinski definition) is 2. The minimum absolute atomic E-state index is 0.123. The van der Waals surface area contributed by atoms with Gasteiger partial charge in [-0.15, -0.1) is 10.2 Å². The molecule has 3 N–H and O–H groups in total. The molecule has 0 aliphatic heterocycles. The average Bonchev–Trinajstić information content (AvgIpc) is 3.18. The number of carbonyl (C=O) groups is 1. The van der Waals surface area contributed by atoms with E-state index in [1.165, 1.54) is 15.0 Å². The minimum Gasteiger partial charge on any atom is -0.351 e. The van der Waals surface area contributed by atoms with Crippen molar-refractivity contribution >= 4 is 27.7 Å². The number of nitrogens with zero attached hydrogens (tertiary/aromatic N) is 4. The van der Waals surface area contributed by atoms with E-state index in [1.54, 1.807) is 32.0 Å². The molecule has 11 heteroatoms. The Morgan fingerprint density at radius 2 is 1.82 bits per heavy atom. The number of nitrogen functional groups attached to an aromatic ring is 1. The Labute approximate surface area is 198 Å². The second kappa shape index (κ2) is 10.8. The van der Waals surface area contributed by atoms with Crippen LogP contribution in [0, 0.1) is 6.92 Å². The van der Waals surface area contributed by atoms with Crippen LogP contribution >= 0.6 is 11.8 Å². The fourth-order valence-electron chi connectivity index (χ4n) is 3.17. The third kappa shape index (κ3) is 5.92. The number of rotatable bonds is 10. The SMILES string of the molecule is CCN(CC)S(=O)(=O)c1cccc(-c2nnc(SCC(=O)NCc3ccc(C)cc3)n2N)c1. The van der Waals surface area contributed by atoms with Crippen LogP contribution in [0.5, 0.6) is 0 Å². The molecule has 0 spiro atoms. The summed E-state index contributed by atoms with van der Waals surface area (Å²) >= 11 is 1.16. The molecule has 0 unspecified atom stereocenters. The molecule has 0 fully saturated rings. The number of hydrogen-bond acceptors (Lipinski definition) is 7. The van der Waals surface area contributed by atoms with E-state index in [0.29, 0.717) is 36.2 Å². The Balaban J connectivity index is 1.67. The first-order chi connectivity index (χ1) is 15.8. The number of nitrogens with two attached hydrogens (primary N) is 1. The lowest BCUT2D eigenvalue weighted by atomic mass is 10.1. The van der Waals surface area contributed by atoms with Crippen LogP contribution in [0.1, 0.15) is 25.0 Å². The number of benzene rings is 2. The standard InChI is InChI=1S/C22H28N6O3S2/c1-4-27(5-2)33(30,31)19-8-6-7-18(13-19)21-25-26-22(28(21)23)32-15-20(29)24-14-17-11-9-16(3)10-12-17/h6-13H,4-5,14-15,23H2,1-3H3,(H,24,29). The maximum absolute atomic E-state index is 12.8. The van der Waals surface area contributed by atoms with Gasteiger partial charge in [-0.3, -0.25) is 4.79 Å². The van der Waals surface area contributed by atoms with Crippen LogP contribution in [-0.2, 0) is 21.4 Å². The summed E-state index contributed by atoms with van der Waals surface area (Å²) in [6.07, 6.45) is 0. The number of aromatic nitrogens is 3. The third-order valence-electron chi connectivity index (χ3n) is 5.04. The van der Waals surface area contributed by atoms with Crippen LogP contribution < -0.4 is 11.2 Å². The second-order valence-corrected chi connectivity index (χ2v) is 10.2. The monoisotopic (exact) mass is 488 g/mol. The van der Waals surface area contributed by atoms with E-state index in [-0.39, 0.29) is 16.6 Å². The average molecular weight is 489 g/mol. The second-order valence-electron chi connectivity index (χ2n) is 7.34. The Kier molecular flexibility index (Phi) is 8.11. The largest absolute Gasteiger partial charge is 0.351 e. The molecule has 0 bridgehead atoms. The number of amides is 1. The predicted octanol–water partition coefficient (Wildman–Crippen LogP) is 2.41. The summed E-state index contributed by atoms with van der Waals surface area (Å²) in [5, 5.41) is 11.4. The van der Waals surface area contributed by atoms with Crippen molar-refractivity contribution in [2.45, 2.75) is 37.4 Å². The summed E-state index contributed by atoms with van der Waals surface area (Å²) in [6, 6.07) is 14.4. The van der Waals surface area contributed by atoms with Crippen molar-refractivity contribution in [2.75, 3.05) is 24.7 Å². The zero-order valence-corrected chi connectivity index (χ0v) is 20.5. The smallest absolute Gasteiger partial charge is 0.243 e. The third-order valence-corrected chi connectivity index (χ3v) is 8.03. The molecule has 3 aromatic rings. The van der Waals surface area contributed by atoms with Crippen LogP contribution in [0.4, 0.5) is 0 Å². The van der Waals surface area contributed by atoms with Gasteiger partial charge < -0.3 is 11.2 Å². The van der Waals surface area contributed by atoms with Crippen molar-refractivity contribution in [3.8, 4) is 11.4 Å². The molecule has 0 aliphatic carbocycles. The minimum atomic E-state index is -3.61. The summed E-state index contributed by atoms with van der Waals surface area (Å²) in [4.78, 5) is 12.4. The highest BCUT2D eigenvalue weighted by atomic mass is 32.2. The van der Waals surface area contributed by atoms with Gasteiger partial charge in [0.1, 0.15) is 0 Å². The molecule has 1 amide bonds.